The fourth-order valence-corrected chi connectivity index (χ4v) is 3.55. The van der Waals surface area contributed by atoms with Crippen molar-refractivity contribution in [1.29, 1.82) is 0 Å². The van der Waals surface area contributed by atoms with Gasteiger partial charge in [-0.25, -0.2) is 0 Å². The molecule has 1 fully saturated rings. The van der Waals surface area contributed by atoms with Gasteiger partial charge < -0.3 is 14.8 Å². The standard InChI is InChI=1S/C24H31N3O3/c1-19(24(28)25-22-18-21(29-2)11-12-23(22)30-3)27-16-14-26(15-17-27)13-7-10-20-8-5-4-6-9-20/h4-12,18-19H,13-17H2,1-3H3,(H,25,28)/b10-7+. The van der Waals surface area contributed by atoms with Gasteiger partial charge in [-0.1, -0.05) is 42.5 Å². The number of amides is 1. The molecule has 6 heteroatoms. The predicted molar refractivity (Wildman–Crippen MR) is 121 cm³/mol. The Bertz CT molecular complexity index is 846. The van der Waals surface area contributed by atoms with Crippen LogP contribution in [0.3, 0.4) is 0 Å². The molecule has 0 bridgehead atoms. The molecular formula is C24H31N3O3. The quantitative estimate of drug-likeness (QED) is 0.725. The van der Waals surface area contributed by atoms with E-state index in [1.54, 1.807) is 26.4 Å². The van der Waals surface area contributed by atoms with Crippen LogP contribution in [0.1, 0.15) is 12.5 Å². The second kappa shape index (κ2) is 10.8. The lowest BCUT2D eigenvalue weighted by atomic mass is 10.2. The largest absolute Gasteiger partial charge is 0.497 e. The van der Waals surface area contributed by atoms with E-state index >= 15 is 0 Å². The fourth-order valence-electron chi connectivity index (χ4n) is 3.55. The van der Waals surface area contributed by atoms with Gasteiger partial charge in [-0.15, -0.1) is 0 Å². The summed E-state index contributed by atoms with van der Waals surface area (Å²) in [6.45, 7) is 6.49. The number of ether oxygens (including phenoxy) is 2. The molecule has 0 spiro atoms. The Balaban J connectivity index is 1.49. The molecule has 1 unspecified atom stereocenters. The number of carbonyl (C=O) groups excluding carboxylic acids is 1. The molecule has 2 aromatic rings. The molecule has 0 aromatic heterocycles. The van der Waals surface area contributed by atoms with E-state index in [2.05, 4.69) is 39.4 Å². The minimum absolute atomic E-state index is 0.0426. The SMILES string of the molecule is COc1ccc(OC)c(NC(=O)C(C)N2CCN(C/C=C/c3ccccc3)CC2)c1. The zero-order valence-electron chi connectivity index (χ0n) is 18.0. The van der Waals surface area contributed by atoms with E-state index in [1.165, 1.54) is 5.56 Å². The lowest BCUT2D eigenvalue weighted by Crippen LogP contribution is -2.52. The molecule has 160 valence electrons. The highest BCUT2D eigenvalue weighted by Crippen LogP contribution is 2.29. The molecule has 0 saturated carbocycles. The summed E-state index contributed by atoms with van der Waals surface area (Å²) in [5.41, 5.74) is 1.84. The summed E-state index contributed by atoms with van der Waals surface area (Å²) in [6.07, 6.45) is 4.36. The van der Waals surface area contributed by atoms with Gasteiger partial charge >= 0.3 is 0 Å². The minimum Gasteiger partial charge on any atom is -0.497 e. The topological polar surface area (TPSA) is 54.0 Å². The zero-order valence-corrected chi connectivity index (χ0v) is 18.0. The normalized spacial score (nSPS) is 16.4. The van der Waals surface area contributed by atoms with Gasteiger partial charge in [0, 0.05) is 38.8 Å². The maximum atomic E-state index is 12.8. The molecule has 1 heterocycles. The van der Waals surface area contributed by atoms with Crippen LogP contribution >= 0.6 is 0 Å². The van der Waals surface area contributed by atoms with Crippen LogP contribution in [-0.4, -0.2) is 68.7 Å². The van der Waals surface area contributed by atoms with E-state index in [9.17, 15) is 4.79 Å². The highest BCUT2D eigenvalue weighted by atomic mass is 16.5. The minimum atomic E-state index is -0.220. The van der Waals surface area contributed by atoms with Crippen LogP contribution < -0.4 is 14.8 Å². The highest BCUT2D eigenvalue weighted by Gasteiger charge is 2.25. The number of benzene rings is 2. The van der Waals surface area contributed by atoms with Crippen LogP contribution in [0.4, 0.5) is 5.69 Å². The summed E-state index contributed by atoms with van der Waals surface area (Å²) in [6, 6.07) is 15.5. The Morgan fingerprint density at radius 1 is 1.07 bits per heavy atom. The smallest absolute Gasteiger partial charge is 0.241 e. The van der Waals surface area contributed by atoms with Gasteiger partial charge in [-0.2, -0.15) is 0 Å². The maximum Gasteiger partial charge on any atom is 0.241 e. The molecule has 0 radical (unpaired) electrons. The Kier molecular flexibility index (Phi) is 7.88. The van der Waals surface area contributed by atoms with Crippen LogP contribution in [0, 0.1) is 0 Å². The van der Waals surface area contributed by atoms with Gasteiger partial charge in [0.25, 0.3) is 0 Å². The first-order valence-electron chi connectivity index (χ1n) is 10.3. The van der Waals surface area contributed by atoms with Gasteiger partial charge in [0.1, 0.15) is 11.5 Å². The van der Waals surface area contributed by atoms with Crippen molar-refractivity contribution in [3.63, 3.8) is 0 Å². The number of methoxy groups -OCH3 is 2. The average molecular weight is 410 g/mol. The van der Waals surface area contributed by atoms with Crippen LogP contribution in [0.15, 0.2) is 54.6 Å². The van der Waals surface area contributed by atoms with Gasteiger partial charge in [0.15, 0.2) is 0 Å². The second-order valence-corrected chi connectivity index (χ2v) is 7.38. The van der Waals surface area contributed by atoms with Gasteiger partial charge in [-0.3, -0.25) is 14.6 Å². The second-order valence-electron chi connectivity index (χ2n) is 7.38. The number of hydrogen-bond donors (Lipinski definition) is 1. The third-order valence-electron chi connectivity index (χ3n) is 5.47. The van der Waals surface area contributed by atoms with E-state index in [0.717, 1.165) is 32.7 Å². The first-order chi connectivity index (χ1) is 14.6. The Labute approximate surface area is 179 Å². The van der Waals surface area contributed by atoms with Crippen molar-refractivity contribution in [2.24, 2.45) is 0 Å². The molecule has 1 saturated heterocycles. The molecule has 1 N–H and O–H groups in total. The molecule has 30 heavy (non-hydrogen) atoms. The van der Waals surface area contributed by atoms with Gasteiger partial charge in [-0.05, 0) is 24.6 Å². The molecule has 2 aromatic carbocycles. The summed E-state index contributed by atoms with van der Waals surface area (Å²) >= 11 is 0. The summed E-state index contributed by atoms with van der Waals surface area (Å²) < 4.78 is 10.6. The van der Waals surface area contributed by atoms with Crippen LogP contribution in [0.2, 0.25) is 0 Å². The Hall–Kier alpha value is -2.83. The van der Waals surface area contributed by atoms with Crippen molar-refractivity contribution in [3.8, 4) is 11.5 Å². The van der Waals surface area contributed by atoms with Crippen molar-refractivity contribution in [2.75, 3.05) is 52.3 Å². The lowest BCUT2D eigenvalue weighted by Gasteiger charge is -2.37. The number of hydrogen-bond acceptors (Lipinski definition) is 5. The maximum absolute atomic E-state index is 12.8. The summed E-state index contributed by atoms with van der Waals surface area (Å²) in [5.74, 6) is 1.25. The van der Waals surface area contributed by atoms with E-state index in [4.69, 9.17) is 9.47 Å². The monoisotopic (exact) mass is 409 g/mol. The number of rotatable bonds is 8. The van der Waals surface area contributed by atoms with E-state index < -0.39 is 0 Å². The van der Waals surface area contributed by atoms with Crippen molar-refractivity contribution in [2.45, 2.75) is 13.0 Å². The van der Waals surface area contributed by atoms with E-state index in [1.807, 2.05) is 31.2 Å². The molecule has 1 aliphatic rings. The number of nitrogens with one attached hydrogen (secondary N) is 1. The highest BCUT2D eigenvalue weighted by molar-refractivity contribution is 5.96. The average Bonchev–Trinajstić information content (AvgIpc) is 2.79. The van der Waals surface area contributed by atoms with Crippen LogP contribution in [0.5, 0.6) is 11.5 Å². The Morgan fingerprint density at radius 3 is 2.47 bits per heavy atom. The third kappa shape index (κ3) is 5.84. The zero-order chi connectivity index (χ0) is 21.3. The third-order valence-corrected chi connectivity index (χ3v) is 5.47. The molecule has 1 amide bonds. The van der Waals surface area contributed by atoms with E-state index in [0.29, 0.717) is 17.2 Å². The molecule has 1 aliphatic heterocycles. The predicted octanol–water partition coefficient (Wildman–Crippen LogP) is 3.36. The van der Waals surface area contributed by atoms with E-state index in [-0.39, 0.29) is 11.9 Å². The molecule has 1 atom stereocenters. The van der Waals surface area contributed by atoms with Gasteiger partial charge in [0.05, 0.1) is 25.9 Å². The van der Waals surface area contributed by atoms with Gasteiger partial charge in [0.2, 0.25) is 5.91 Å². The number of anilines is 1. The summed E-state index contributed by atoms with van der Waals surface area (Å²) in [5, 5.41) is 2.99. The van der Waals surface area contributed by atoms with Crippen molar-refractivity contribution >= 4 is 17.7 Å². The van der Waals surface area contributed by atoms with Crippen molar-refractivity contribution < 1.29 is 14.3 Å². The number of nitrogens with zero attached hydrogens (tertiary/aromatic N) is 2. The molecule has 0 aliphatic carbocycles. The summed E-state index contributed by atoms with van der Waals surface area (Å²) in [7, 11) is 3.19. The Morgan fingerprint density at radius 2 is 1.80 bits per heavy atom. The lowest BCUT2D eigenvalue weighted by molar-refractivity contribution is -0.121. The van der Waals surface area contributed by atoms with Crippen molar-refractivity contribution in [1.82, 2.24) is 9.80 Å². The molecule has 3 rings (SSSR count). The first kappa shape index (κ1) is 21.9. The van der Waals surface area contributed by atoms with Crippen molar-refractivity contribution in [3.05, 3.63) is 60.2 Å². The van der Waals surface area contributed by atoms with Crippen LogP contribution in [-0.2, 0) is 4.79 Å². The molecule has 6 nitrogen and oxygen atoms in total. The summed E-state index contributed by atoms with van der Waals surface area (Å²) in [4.78, 5) is 17.4. The first-order valence-corrected chi connectivity index (χ1v) is 10.3. The fraction of sp³-hybridized carbons (Fsp3) is 0.375. The number of piperazine rings is 1. The van der Waals surface area contributed by atoms with Crippen LogP contribution in [0.25, 0.3) is 6.08 Å². The number of carbonyl (C=O) groups is 1. The molecular weight excluding hydrogens is 378 g/mol.